The van der Waals surface area contributed by atoms with Crippen LogP contribution in [-0.2, 0) is 0 Å². The maximum atomic E-state index is 12.6. The molecule has 4 heterocycles. The molecule has 2 atom stereocenters. The first kappa shape index (κ1) is 20.2. The van der Waals surface area contributed by atoms with Crippen molar-refractivity contribution in [1.82, 2.24) is 15.2 Å². The number of anilines is 2. The molecule has 2 aromatic heterocycles. The number of aromatic nitrogens is 1. The summed E-state index contributed by atoms with van der Waals surface area (Å²) in [5.74, 6) is 2.34. The molecule has 0 bridgehead atoms. The summed E-state index contributed by atoms with van der Waals surface area (Å²) in [5.41, 5.74) is 0. The van der Waals surface area contributed by atoms with Crippen molar-refractivity contribution in [1.29, 1.82) is 5.26 Å². The summed E-state index contributed by atoms with van der Waals surface area (Å²) in [6.07, 6.45) is 0.965. The molecule has 158 valence electrons. The molecular formula is C22H28N6O2. The fourth-order valence-corrected chi connectivity index (χ4v) is 4.02. The minimum absolute atomic E-state index is 0.0176. The Kier molecular flexibility index (Phi) is 5.91. The molecular weight excluding hydrogens is 380 g/mol. The number of amides is 1. The van der Waals surface area contributed by atoms with E-state index in [1.807, 2.05) is 12.1 Å². The van der Waals surface area contributed by atoms with Crippen LogP contribution in [0.4, 0.5) is 11.6 Å². The van der Waals surface area contributed by atoms with E-state index in [0.29, 0.717) is 12.5 Å². The summed E-state index contributed by atoms with van der Waals surface area (Å²) in [5, 5.41) is 12.0. The van der Waals surface area contributed by atoms with Gasteiger partial charge in [-0.1, -0.05) is 13.0 Å². The molecule has 0 radical (unpaired) electrons. The number of rotatable bonds is 4. The Morgan fingerprint density at radius 3 is 2.57 bits per heavy atom. The maximum absolute atomic E-state index is 12.6. The second-order valence-electron chi connectivity index (χ2n) is 8.21. The van der Waals surface area contributed by atoms with E-state index < -0.39 is 0 Å². The number of nitriles is 1. The molecule has 2 fully saturated rings. The van der Waals surface area contributed by atoms with Crippen LogP contribution < -0.4 is 15.1 Å². The lowest BCUT2D eigenvalue weighted by Gasteiger charge is -2.38. The van der Waals surface area contributed by atoms with Gasteiger partial charge in [0.05, 0.1) is 0 Å². The zero-order valence-electron chi connectivity index (χ0n) is 17.5. The molecule has 8 nitrogen and oxygen atoms in total. The topological polar surface area (TPSA) is 88.6 Å². The quantitative estimate of drug-likeness (QED) is 0.827. The largest absolute Gasteiger partial charge is 0.440 e. The molecule has 0 spiro atoms. The summed E-state index contributed by atoms with van der Waals surface area (Å²) in [7, 11) is 2.15. The van der Waals surface area contributed by atoms with Crippen molar-refractivity contribution in [2.45, 2.75) is 19.4 Å². The number of hydrogen-bond donors (Lipinski definition) is 1. The average Bonchev–Trinajstić information content (AvgIpc) is 3.25. The van der Waals surface area contributed by atoms with Crippen LogP contribution in [0, 0.1) is 17.2 Å². The number of hydrogen-bond acceptors (Lipinski definition) is 7. The number of nitrogens with one attached hydrogen (secondary N) is 1. The molecule has 0 aromatic carbocycles. The van der Waals surface area contributed by atoms with Crippen molar-refractivity contribution in [3.05, 3.63) is 41.9 Å². The fourth-order valence-electron chi connectivity index (χ4n) is 4.02. The number of nitrogens with zero attached hydrogens (tertiary/aromatic N) is 5. The van der Waals surface area contributed by atoms with Crippen molar-refractivity contribution >= 4 is 17.5 Å². The standard InChI is InChI=1S/C22H28N6O2/c1-16-8-9-28(15-18(16)24-22(29)19-7-6-17(14-23)30-19)21-5-3-4-20(25-21)27-12-10-26(2)11-13-27/h3-7,16,18H,8-13,15H2,1-2H3,(H,24,29). The van der Waals surface area contributed by atoms with Crippen molar-refractivity contribution in [2.75, 3.05) is 56.1 Å². The lowest BCUT2D eigenvalue weighted by molar-refractivity contribution is 0.0890. The Morgan fingerprint density at radius 2 is 1.87 bits per heavy atom. The minimum atomic E-state index is -0.283. The summed E-state index contributed by atoms with van der Waals surface area (Å²) in [6, 6.07) is 11.1. The number of carbonyl (C=O) groups excluding carboxylic acids is 1. The highest BCUT2D eigenvalue weighted by Crippen LogP contribution is 2.25. The SMILES string of the molecule is CC1CCN(c2cccc(N3CCN(C)CC3)n2)CC1NC(=O)c1ccc(C#N)o1. The fraction of sp³-hybridized carbons (Fsp3) is 0.500. The van der Waals surface area contributed by atoms with Crippen LogP contribution in [0.3, 0.4) is 0 Å². The zero-order valence-corrected chi connectivity index (χ0v) is 17.5. The summed E-state index contributed by atoms with van der Waals surface area (Å²) in [4.78, 5) is 24.4. The van der Waals surface area contributed by atoms with Crippen molar-refractivity contribution in [3.8, 4) is 6.07 Å². The molecule has 2 aromatic rings. The van der Waals surface area contributed by atoms with E-state index >= 15 is 0 Å². The van der Waals surface area contributed by atoms with Crippen LogP contribution in [0.5, 0.6) is 0 Å². The lowest BCUT2D eigenvalue weighted by Crippen LogP contribution is -2.52. The van der Waals surface area contributed by atoms with Crippen LogP contribution in [0.15, 0.2) is 34.7 Å². The van der Waals surface area contributed by atoms with Crippen molar-refractivity contribution in [2.24, 2.45) is 5.92 Å². The number of likely N-dealkylation sites (N-methyl/N-ethyl adjacent to an activating group) is 1. The van der Waals surface area contributed by atoms with Gasteiger partial charge >= 0.3 is 0 Å². The minimum Gasteiger partial charge on any atom is -0.440 e. The third-order valence-corrected chi connectivity index (χ3v) is 6.09. The number of pyridine rings is 1. The Balaban J connectivity index is 1.43. The van der Waals surface area contributed by atoms with E-state index in [2.05, 4.69) is 46.1 Å². The first-order chi connectivity index (χ1) is 14.5. The molecule has 2 aliphatic heterocycles. The van der Waals surface area contributed by atoms with Gasteiger partial charge in [0.25, 0.3) is 5.91 Å². The summed E-state index contributed by atoms with van der Waals surface area (Å²) in [6.45, 7) is 7.80. The smallest absolute Gasteiger partial charge is 0.287 e. The van der Waals surface area contributed by atoms with E-state index in [9.17, 15) is 4.79 Å². The van der Waals surface area contributed by atoms with Crippen LogP contribution in [0.2, 0.25) is 0 Å². The number of piperazine rings is 1. The van der Waals surface area contributed by atoms with Gasteiger partial charge in [-0.25, -0.2) is 4.98 Å². The monoisotopic (exact) mass is 408 g/mol. The Hall–Kier alpha value is -3.05. The normalized spacial score (nSPS) is 22.6. The van der Waals surface area contributed by atoms with Crippen LogP contribution in [-0.4, -0.2) is 68.1 Å². The van der Waals surface area contributed by atoms with Gasteiger partial charge in [-0.15, -0.1) is 0 Å². The third-order valence-electron chi connectivity index (χ3n) is 6.09. The molecule has 8 heteroatoms. The van der Waals surface area contributed by atoms with Crippen LogP contribution in [0.25, 0.3) is 0 Å². The van der Waals surface area contributed by atoms with Gasteiger partial charge in [0.15, 0.2) is 5.76 Å². The van der Waals surface area contributed by atoms with Crippen LogP contribution in [0.1, 0.15) is 29.7 Å². The second-order valence-corrected chi connectivity index (χ2v) is 8.21. The average molecular weight is 409 g/mol. The highest BCUT2D eigenvalue weighted by molar-refractivity contribution is 5.91. The first-order valence-electron chi connectivity index (χ1n) is 10.5. The van der Waals surface area contributed by atoms with E-state index in [1.165, 1.54) is 6.07 Å². The van der Waals surface area contributed by atoms with E-state index in [-0.39, 0.29) is 23.5 Å². The summed E-state index contributed by atoms with van der Waals surface area (Å²) >= 11 is 0. The molecule has 4 rings (SSSR count). The predicted octanol–water partition coefficient (Wildman–Crippen LogP) is 1.94. The molecule has 2 aliphatic rings. The van der Waals surface area contributed by atoms with E-state index in [1.54, 1.807) is 6.07 Å². The Morgan fingerprint density at radius 1 is 1.13 bits per heavy atom. The molecule has 2 unspecified atom stereocenters. The van der Waals surface area contributed by atoms with Gasteiger partial charge in [-0.3, -0.25) is 4.79 Å². The lowest BCUT2D eigenvalue weighted by atomic mass is 9.93. The van der Waals surface area contributed by atoms with Crippen LogP contribution >= 0.6 is 0 Å². The molecule has 30 heavy (non-hydrogen) atoms. The predicted molar refractivity (Wildman–Crippen MR) is 115 cm³/mol. The zero-order chi connectivity index (χ0) is 21.1. The number of furan rings is 1. The first-order valence-corrected chi connectivity index (χ1v) is 10.5. The highest BCUT2D eigenvalue weighted by atomic mass is 16.3. The molecule has 1 N–H and O–H groups in total. The van der Waals surface area contributed by atoms with Gasteiger partial charge < -0.3 is 24.4 Å². The third kappa shape index (κ3) is 4.41. The van der Waals surface area contributed by atoms with Gasteiger partial charge in [0, 0.05) is 45.3 Å². The summed E-state index contributed by atoms with van der Waals surface area (Å²) < 4.78 is 5.27. The molecule has 2 saturated heterocycles. The molecule has 0 saturated carbocycles. The van der Waals surface area contributed by atoms with Crippen molar-refractivity contribution in [3.63, 3.8) is 0 Å². The number of piperidine rings is 1. The second kappa shape index (κ2) is 8.76. The molecule has 1 amide bonds. The van der Waals surface area contributed by atoms with Gasteiger partial charge in [-0.2, -0.15) is 5.26 Å². The highest BCUT2D eigenvalue weighted by Gasteiger charge is 2.29. The maximum Gasteiger partial charge on any atom is 0.287 e. The Labute approximate surface area is 177 Å². The van der Waals surface area contributed by atoms with E-state index in [4.69, 9.17) is 14.7 Å². The van der Waals surface area contributed by atoms with Gasteiger partial charge in [0.2, 0.25) is 5.76 Å². The number of carbonyl (C=O) groups is 1. The van der Waals surface area contributed by atoms with Gasteiger partial charge in [0.1, 0.15) is 17.7 Å². The van der Waals surface area contributed by atoms with Gasteiger partial charge in [-0.05, 0) is 43.7 Å². The van der Waals surface area contributed by atoms with E-state index in [0.717, 1.165) is 50.8 Å². The van der Waals surface area contributed by atoms with Crippen molar-refractivity contribution < 1.29 is 9.21 Å². The molecule has 0 aliphatic carbocycles. The Bertz CT molecular complexity index is 928.